The first-order valence-corrected chi connectivity index (χ1v) is 7.62. The van der Waals surface area contributed by atoms with Crippen LogP contribution in [0.15, 0.2) is 11.1 Å². The Labute approximate surface area is 111 Å². The molecule has 18 heavy (non-hydrogen) atoms. The van der Waals surface area contributed by atoms with E-state index in [1.807, 2.05) is 0 Å². The average molecular weight is 288 g/mol. The predicted molar refractivity (Wildman–Crippen MR) is 71.6 cm³/mol. The van der Waals surface area contributed by atoms with E-state index in [4.69, 9.17) is 18.0 Å². The first kappa shape index (κ1) is 13.4. The number of nitrogens with two attached hydrogens (primary N) is 1. The molecule has 100 valence electrons. The van der Waals surface area contributed by atoms with Crippen LogP contribution >= 0.6 is 12.2 Å². The summed E-state index contributed by atoms with van der Waals surface area (Å²) in [6, 6.07) is -0.207. The highest BCUT2D eigenvalue weighted by atomic mass is 32.2. The van der Waals surface area contributed by atoms with Crippen molar-refractivity contribution in [1.29, 1.82) is 0 Å². The lowest BCUT2D eigenvalue weighted by Crippen LogP contribution is -2.41. The van der Waals surface area contributed by atoms with Crippen LogP contribution in [-0.4, -0.2) is 29.6 Å². The number of H-pyrrole nitrogens is 1. The molecule has 1 fully saturated rings. The molecule has 1 aromatic rings. The molecule has 1 saturated carbocycles. The van der Waals surface area contributed by atoms with Gasteiger partial charge in [-0.15, -0.1) is 0 Å². The minimum Gasteiger partial charge on any atom is -0.393 e. The van der Waals surface area contributed by atoms with Gasteiger partial charge in [0.2, 0.25) is 10.0 Å². The summed E-state index contributed by atoms with van der Waals surface area (Å²) in [6.45, 7) is 1.67. The van der Waals surface area contributed by atoms with E-state index < -0.39 is 10.0 Å². The van der Waals surface area contributed by atoms with Crippen LogP contribution in [0.4, 0.5) is 0 Å². The van der Waals surface area contributed by atoms with Crippen molar-refractivity contribution in [2.24, 2.45) is 11.7 Å². The maximum atomic E-state index is 12.2. The molecule has 8 heteroatoms. The SMILES string of the molecule is Cc1[nH]ncc1S(=O)(=O)NC1CCCC1C(N)=S. The van der Waals surface area contributed by atoms with Crippen molar-refractivity contribution >= 4 is 27.2 Å². The Morgan fingerprint density at radius 2 is 2.33 bits per heavy atom. The molecule has 0 radical (unpaired) electrons. The molecule has 1 heterocycles. The smallest absolute Gasteiger partial charge is 0.244 e. The van der Waals surface area contributed by atoms with Gasteiger partial charge in [-0.05, 0) is 19.8 Å². The zero-order valence-electron chi connectivity index (χ0n) is 10.0. The lowest BCUT2D eigenvalue weighted by Gasteiger charge is -2.19. The van der Waals surface area contributed by atoms with Crippen molar-refractivity contribution in [2.45, 2.75) is 37.1 Å². The van der Waals surface area contributed by atoms with Gasteiger partial charge in [-0.25, -0.2) is 13.1 Å². The zero-order valence-corrected chi connectivity index (χ0v) is 11.6. The summed E-state index contributed by atoms with van der Waals surface area (Å²) >= 11 is 4.97. The third kappa shape index (κ3) is 2.55. The van der Waals surface area contributed by atoms with E-state index in [1.165, 1.54) is 6.20 Å². The zero-order chi connectivity index (χ0) is 13.3. The van der Waals surface area contributed by atoms with Gasteiger partial charge in [0.15, 0.2) is 0 Å². The van der Waals surface area contributed by atoms with Gasteiger partial charge in [0.1, 0.15) is 4.90 Å². The molecule has 1 aromatic heterocycles. The van der Waals surface area contributed by atoms with Gasteiger partial charge < -0.3 is 5.73 Å². The molecule has 1 aliphatic carbocycles. The Balaban J connectivity index is 2.19. The van der Waals surface area contributed by atoms with Gasteiger partial charge in [0.25, 0.3) is 0 Å². The summed E-state index contributed by atoms with van der Waals surface area (Å²) in [5.74, 6) is -0.0537. The van der Waals surface area contributed by atoms with Crippen LogP contribution in [-0.2, 0) is 10.0 Å². The highest BCUT2D eigenvalue weighted by Crippen LogP contribution is 2.27. The third-order valence-electron chi connectivity index (χ3n) is 3.26. The standard InChI is InChI=1S/C10H16N4O2S2/c1-6-9(5-12-13-6)18(15,16)14-8-4-2-3-7(8)10(11)17/h5,7-8,14H,2-4H2,1H3,(H2,11,17)(H,12,13). The van der Waals surface area contributed by atoms with Crippen molar-refractivity contribution in [1.82, 2.24) is 14.9 Å². The Morgan fingerprint density at radius 1 is 1.61 bits per heavy atom. The molecular weight excluding hydrogens is 272 g/mol. The van der Waals surface area contributed by atoms with Gasteiger partial charge in [-0.1, -0.05) is 18.6 Å². The summed E-state index contributed by atoms with van der Waals surface area (Å²) in [4.78, 5) is 0.556. The number of nitrogens with zero attached hydrogens (tertiary/aromatic N) is 1. The van der Waals surface area contributed by atoms with Crippen molar-refractivity contribution < 1.29 is 8.42 Å². The van der Waals surface area contributed by atoms with Gasteiger partial charge in [0.05, 0.1) is 16.9 Å². The van der Waals surface area contributed by atoms with E-state index in [0.29, 0.717) is 10.7 Å². The second-order valence-electron chi connectivity index (χ2n) is 4.53. The van der Waals surface area contributed by atoms with E-state index in [0.717, 1.165) is 19.3 Å². The summed E-state index contributed by atoms with van der Waals surface area (Å²) in [5.41, 5.74) is 6.15. The number of rotatable bonds is 4. The van der Waals surface area contributed by atoms with Gasteiger partial charge in [-0.3, -0.25) is 5.10 Å². The number of aryl methyl sites for hydroxylation is 1. The summed E-state index contributed by atoms with van der Waals surface area (Å²) in [6.07, 6.45) is 3.84. The third-order valence-corrected chi connectivity index (χ3v) is 5.17. The lowest BCUT2D eigenvalue weighted by molar-refractivity contribution is 0.524. The van der Waals surface area contributed by atoms with E-state index >= 15 is 0 Å². The van der Waals surface area contributed by atoms with Crippen molar-refractivity contribution in [3.8, 4) is 0 Å². The largest absolute Gasteiger partial charge is 0.393 e. The minimum absolute atomic E-state index is 0.0537. The Kier molecular flexibility index (Phi) is 3.69. The van der Waals surface area contributed by atoms with Crippen molar-refractivity contribution in [3.63, 3.8) is 0 Å². The highest BCUT2D eigenvalue weighted by Gasteiger charge is 2.33. The Hall–Kier alpha value is -0.990. The van der Waals surface area contributed by atoms with Crippen LogP contribution in [0.25, 0.3) is 0 Å². The Morgan fingerprint density at radius 3 is 2.89 bits per heavy atom. The van der Waals surface area contributed by atoms with Crippen molar-refractivity contribution in [2.75, 3.05) is 0 Å². The molecule has 2 atom stereocenters. The molecule has 0 aliphatic heterocycles. The number of thiocarbonyl (C=S) groups is 1. The molecule has 4 N–H and O–H groups in total. The van der Waals surface area contributed by atoms with E-state index in [1.54, 1.807) is 6.92 Å². The quantitative estimate of drug-likeness (QED) is 0.698. The maximum Gasteiger partial charge on any atom is 0.244 e. The topological polar surface area (TPSA) is 101 Å². The van der Waals surface area contributed by atoms with Crippen LogP contribution in [0.5, 0.6) is 0 Å². The second-order valence-corrected chi connectivity index (χ2v) is 6.68. The van der Waals surface area contributed by atoms with Gasteiger partial charge in [0, 0.05) is 12.0 Å². The minimum atomic E-state index is -3.56. The van der Waals surface area contributed by atoms with E-state index in [9.17, 15) is 8.42 Å². The molecule has 2 rings (SSSR count). The normalized spacial score (nSPS) is 24.3. The lowest BCUT2D eigenvalue weighted by atomic mass is 10.1. The molecule has 0 spiro atoms. The van der Waals surface area contributed by atoms with Crippen LogP contribution in [0.2, 0.25) is 0 Å². The molecule has 0 aromatic carbocycles. The first-order valence-electron chi connectivity index (χ1n) is 5.73. The van der Waals surface area contributed by atoms with Crippen LogP contribution < -0.4 is 10.5 Å². The number of sulfonamides is 1. The summed E-state index contributed by atoms with van der Waals surface area (Å²) in [5, 5.41) is 6.34. The monoisotopic (exact) mass is 288 g/mol. The molecular formula is C10H16N4O2S2. The van der Waals surface area contributed by atoms with Crippen LogP contribution in [0.3, 0.4) is 0 Å². The van der Waals surface area contributed by atoms with Gasteiger partial charge in [-0.2, -0.15) is 5.10 Å². The molecule has 0 bridgehead atoms. The highest BCUT2D eigenvalue weighted by molar-refractivity contribution is 7.89. The van der Waals surface area contributed by atoms with Crippen molar-refractivity contribution in [3.05, 3.63) is 11.9 Å². The number of hydrogen-bond acceptors (Lipinski definition) is 4. The molecule has 0 amide bonds. The number of hydrogen-bond donors (Lipinski definition) is 3. The van der Waals surface area contributed by atoms with E-state index in [2.05, 4.69) is 14.9 Å². The maximum absolute atomic E-state index is 12.2. The number of aromatic nitrogens is 2. The van der Waals surface area contributed by atoms with Crippen LogP contribution in [0.1, 0.15) is 25.0 Å². The fraction of sp³-hybridized carbons (Fsp3) is 0.600. The predicted octanol–water partition coefficient (Wildman–Crippen LogP) is 0.451. The van der Waals surface area contributed by atoms with Gasteiger partial charge >= 0.3 is 0 Å². The fourth-order valence-corrected chi connectivity index (χ4v) is 4.04. The Bertz CT molecular complexity index is 552. The number of nitrogens with one attached hydrogen (secondary N) is 2. The summed E-state index contributed by atoms with van der Waals surface area (Å²) in [7, 11) is -3.56. The first-order chi connectivity index (χ1) is 8.42. The van der Waals surface area contributed by atoms with Crippen LogP contribution in [0, 0.1) is 12.8 Å². The molecule has 0 saturated heterocycles. The number of aromatic amines is 1. The van der Waals surface area contributed by atoms with E-state index in [-0.39, 0.29) is 16.9 Å². The second kappa shape index (κ2) is 4.94. The summed E-state index contributed by atoms with van der Waals surface area (Å²) < 4.78 is 27.0. The average Bonchev–Trinajstić information content (AvgIpc) is 2.86. The molecule has 6 nitrogen and oxygen atoms in total. The molecule has 1 aliphatic rings. The fourth-order valence-electron chi connectivity index (χ4n) is 2.31. The molecule has 2 unspecified atom stereocenters.